The van der Waals surface area contributed by atoms with Gasteiger partial charge >= 0.3 is 5.97 Å². The largest absolute Gasteiger partial charge is 0.462 e. The Morgan fingerprint density at radius 1 is 1.43 bits per heavy atom. The zero-order valence-corrected chi connectivity index (χ0v) is 14.3. The zero-order chi connectivity index (χ0) is 16.4. The van der Waals surface area contributed by atoms with E-state index in [2.05, 4.69) is 10.0 Å². The number of benzene rings is 1. The quantitative estimate of drug-likeness (QED) is 0.799. The maximum atomic E-state index is 12.4. The van der Waals surface area contributed by atoms with Crippen molar-refractivity contribution < 1.29 is 17.9 Å². The molecule has 1 aromatic carbocycles. The Bertz CT molecular complexity index is 823. The lowest BCUT2D eigenvalue weighted by atomic mass is 10.2. The van der Waals surface area contributed by atoms with Crippen molar-refractivity contribution in [1.82, 2.24) is 10.0 Å². The number of carbonyl (C=O) groups excluding carboxylic acids is 1. The summed E-state index contributed by atoms with van der Waals surface area (Å²) in [5.41, 5.74) is 0. The van der Waals surface area contributed by atoms with Gasteiger partial charge in [-0.25, -0.2) is 17.9 Å². The second-order valence-corrected chi connectivity index (χ2v) is 8.14. The van der Waals surface area contributed by atoms with Gasteiger partial charge in [0.2, 0.25) is 10.0 Å². The Balaban J connectivity index is 1.88. The van der Waals surface area contributed by atoms with Crippen LogP contribution in [0.5, 0.6) is 0 Å². The minimum atomic E-state index is -3.56. The standard InChI is InChI=1S/C15H18N2O4S2/c1-2-21-15(18)14-8-10-7-12(3-4-13(10)22-14)23(19,20)17-11-5-6-16-9-11/h3-4,7-8,11,16-17H,2,5-6,9H2,1H3. The predicted molar refractivity (Wildman–Crippen MR) is 89.4 cm³/mol. The highest BCUT2D eigenvalue weighted by atomic mass is 32.2. The summed E-state index contributed by atoms with van der Waals surface area (Å²) in [7, 11) is -3.56. The van der Waals surface area contributed by atoms with Crippen LogP contribution in [0.1, 0.15) is 23.0 Å². The van der Waals surface area contributed by atoms with E-state index in [-0.39, 0.29) is 16.9 Å². The van der Waals surface area contributed by atoms with Crippen LogP contribution in [0.2, 0.25) is 0 Å². The van der Waals surface area contributed by atoms with E-state index in [1.807, 2.05) is 0 Å². The summed E-state index contributed by atoms with van der Waals surface area (Å²) in [5.74, 6) is -0.381. The molecule has 2 N–H and O–H groups in total. The van der Waals surface area contributed by atoms with E-state index in [1.165, 1.54) is 11.3 Å². The van der Waals surface area contributed by atoms with Crippen LogP contribution in [0.3, 0.4) is 0 Å². The SMILES string of the molecule is CCOC(=O)c1cc2cc(S(=O)(=O)NC3CCNC3)ccc2s1. The maximum absolute atomic E-state index is 12.4. The van der Waals surface area contributed by atoms with E-state index < -0.39 is 10.0 Å². The molecule has 1 aromatic heterocycles. The molecule has 2 aromatic rings. The van der Waals surface area contributed by atoms with Crippen molar-refractivity contribution >= 4 is 37.4 Å². The first-order valence-corrected chi connectivity index (χ1v) is 9.73. The number of hydrogen-bond donors (Lipinski definition) is 2. The fourth-order valence-electron chi connectivity index (χ4n) is 2.53. The van der Waals surface area contributed by atoms with Gasteiger partial charge in [-0.1, -0.05) is 0 Å². The third-order valence-electron chi connectivity index (χ3n) is 3.66. The first-order valence-electron chi connectivity index (χ1n) is 7.43. The third-order valence-corrected chi connectivity index (χ3v) is 6.27. The number of fused-ring (bicyclic) bond motifs is 1. The Labute approximate surface area is 138 Å². The summed E-state index contributed by atoms with van der Waals surface area (Å²) in [6, 6.07) is 6.49. The predicted octanol–water partition coefficient (Wildman–Crippen LogP) is 1.72. The number of sulfonamides is 1. The van der Waals surface area contributed by atoms with Crippen LogP contribution in [0.4, 0.5) is 0 Å². The molecule has 2 heterocycles. The maximum Gasteiger partial charge on any atom is 0.348 e. The van der Waals surface area contributed by atoms with Gasteiger partial charge in [-0.15, -0.1) is 11.3 Å². The number of thiophene rings is 1. The highest BCUT2D eigenvalue weighted by Crippen LogP contribution is 2.28. The lowest BCUT2D eigenvalue weighted by Gasteiger charge is -2.11. The molecule has 3 rings (SSSR count). The van der Waals surface area contributed by atoms with Gasteiger partial charge in [0.25, 0.3) is 0 Å². The highest BCUT2D eigenvalue weighted by Gasteiger charge is 2.23. The van der Waals surface area contributed by atoms with E-state index in [4.69, 9.17) is 4.74 Å². The van der Waals surface area contributed by atoms with E-state index in [0.717, 1.165) is 23.1 Å². The molecule has 0 bridgehead atoms. The fourth-order valence-corrected chi connectivity index (χ4v) is 4.78. The van der Waals surface area contributed by atoms with Crippen LogP contribution < -0.4 is 10.0 Å². The molecule has 1 aliphatic heterocycles. The molecule has 1 saturated heterocycles. The molecule has 1 fully saturated rings. The van der Waals surface area contributed by atoms with Crippen molar-refractivity contribution in [1.29, 1.82) is 0 Å². The number of esters is 1. The molecule has 1 unspecified atom stereocenters. The summed E-state index contributed by atoms with van der Waals surface area (Å²) in [6.07, 6.45) is 0.785. The molecular weight excluding hydrogens is 336 g/mol. The van der Waals surface area contributed by atoms with E-state index >= 15 is 0 Å². The van der Waals surface area contributed by atoms with Crippen molar-refractivity contribution in [3.8, 4) is 0 Å². The smallest absolute Gasteiger partial charge is 0.348 e. The highest BCUT2D eigenvalue weighted by molar-refractivity contribution is 7.89. The zero-order valence-electron chi connectivity index (χ0n) is 12.7. The van der Waals surface area contributed by atoms with Crippen molar-refractivity contribution in [2.45, 2.75) is 24.3 Å². The van der Waals surface area contributed by atoms with Gasteiger partial charge in [-0.05, 0) is 49.5 Å². The Morgan fingerprint density at radius 2 is 2.26 bits per heavy atom. The lowest BCUT2D eigenvalue weighted by molar-refractivity contribution is 0.0532. The number of ether oxygens (including phenoxy) is 1. The average Bonchev–Trinajstić information content (AvgIpc) is 3.15. The third kappa shape index (κ3) is 3.55. The van der Waals surface area contributed by atoms with Crippen LogP contribution in [-0.4, -0.2) is 40.1 Å². The van der Waals surface area contributed by atoms with Crippen LogP contribution in [0.15, 0.2) is 29.2 Å². The molecule has 0 saturated carbocycles. The van der Waals surface area contributed by atoms with E-state index in [0.29, 0.717) is 18.0 Å². The van der Waals surface area contributed by atoms with Gasteiger partial charge in [0, 0.05) is 17.3 Å². The number of carbonyl (C=O) groups is 1. The van der Waals surface area contributed by atoms with Crippen molar-refractivity contribution in [3.63, 3.8) is 0 Å². The Morgan fingerprint density at radius 3 is 2.96 bits per heavy atom. The molecule has 0 radical (unpaired) electrons. The van der Waals surface area contributed by atoms with E-state index in [9.17, 15) is 13.2 Å². The van der Waals surface area contributed by atoms with Gasteiger partial charge in [0.1, 0.15) is 4.88 Å². The van der Waals surface area contributed by atoms with Gasteiger partial charge in [0.15, 0.2) is 0 Å². The normalized spacial score (nSPS) is 18.4. The summed E-state index contributed by atoms with van der Waals surface area (Å²) < 4.78 is 33.4. The van der Waals surface area contributed by atoms with Crippen LogP contribution in [0.25, 0.3) is 10.1 Å². The van der Waals surface area contributed by atoms with Gasteiger partial charge in [-0.2, -0.15) is 0 Å². The molecule has 8 heteroatoms. The first kappa shape index (κ1) is 16.4. The second kappa shape index (κ2) is 6.56. The average molecular weight is 354 g/mol. The van der Waals surface area contributed by atoms with Crippen LogP contribution in [-0.2, 0) is 14.8 Å². The van der Waals surface area contributed by atoms with Crippen molar-refractivity contribution in [2.75, 3.05) is 19.7 Å². The van der Waals surface area contributed by atoms with Gasteiger partial charge in [0.05, 0.1) is 11.5 Å². The summed E-state index contributed by atoms with van der Waals surface area (Å²) >= 11 is 1.30. The van der Waals surface area contributed by atoms with Crippen LogP contribution >= 0.6 is 11.3 Å². The van der Waals surface area contributed by atoms with Gasteiger partial charge in [-0.3, -0.25) is 0 Å². The van der Waals surface area contributed by atoms with Crippen molar-refractivity contribution in [2.24, 2.45) is 0 Å². The Hall–Kier alpha value is -1.48. The molecule has 23 heavy (non-hydrogen) atoms. The van der Waals surface area contributed by atoms with Crippen LogP contribution in [0, 0.1) is 0 Å². The first-order chi connectivity index (χ1) is 11.0. The number of rotatable bonds is 5. The molecule has 124 valence electrons. The molecule has 1 aliphatic rings. The minimum absolute atomic E-state index is 0.0757. The number of nitrogens with one attached hydrogen (secondary N) is 2. The topological polar surface area (TPSA) is 84.5 Å². The number of hydrogen-bond acceptors (Lipinski definition) is 6. The molecule has 0 aliphatic carbocycles. The summed E-state index contributed by atoms with van der Waals surface area (Å²) in [5, 5.41) is 3.85. The summed E-state index contributed by atoms with van der Waals surface area (Å²) in [4.78, 5) is 12.5. The summed E-state index contributed by atoms with van der Waals surface area (Å²) in [6.45, 7) is 3.53. The minimum Gasteiger partial charge on any atom is -0.462 e. The molecule has 0 amide bonds. The Kier molecular flexibility index (Phi) is 4.67. The molecule has 0 spiro atoms. The monoisotopic (exact) mass is 354 g/mol. The second-order valence-electron chi connectivity index (χ2n) is 5.34. The molecular formula is C15H18N2O4S2. The fraction of sp³-hybridized carbons (Fsp3) is 0.400. The van der Waals surface area contributed by atoms with E-state index in [1.54, 1.807) is 31.2 Å². The van der Waals surface area contributed by atoms with Crippen molar-refractivity contribution in [3.05, 3.63) is 29.1 Å². The molecule has 1 atom stereocenters. The lowest BCUT2D eigenvalue weighted by Crippen LogP contribution is -2.36. The van der Waals surface area contributed by atoms with Gasteiger partial charge < -0.3 is 10.1 Å². The molecule has 6 nitrogen and oxygen atoms in total.